The predicted octanol–water partition coefficient (Wildman–Crippen LogP) is 2.77. The normalized spacial score (nSPS) is 27.6. The van der Waals surface area contributed by atoms with Crippen LogP contribution < -0.4 is 5.32 Å². The molecule has 0 atom stereocenters. The van der Waals surface area contributed by atoms with Gasteiger partial charge in [0.1, 0.15) is 0 Å². The highest BCUT2D eigenvalue weighted by Gasteiger charge is 2.19. The van der Waals surface area contributed by atoms with Crippen molar-refractivity contribution < 1.29 is 5.11 Å². The van der Waals surface area contributed by atoms with Crippen LogP contribution in [0.15, 0.2) is 11.4 Å². The van der Waals surface area contributed by atoms with Crippen LogP contribution in [-0.4, -0.2) is 17.3 Å². The van der Waals surface area contributed by atoms with E-state index in [1.54, 1.807) is 11.3 Å². The molecule has 0 bridgehead atoms. The van der Waals surface area contributed by atoms with Crippen molar-refractivity contribution in [1.82, 2.24) is 0 Å². The summed E-state index contributed by atoms with van der Waals surface area (Å²) in [5.41, 5.74) is 1.33. The van der Waals surface area contributed by atoms with Crippen LogP contribution in [0.25, 0.3) is 0 Å². The van der Waals surface area contributed by atoms with Crippen molar-refractivity contribution in [2.24, 2.45) is 0 Å². The summed E-state index contributed by atoms with van der Waals surface area (Å²) < 4.78 is 0. The Balaban J connectivity index is 1.89. The molecule has 0 spiro atoms. The highest BCUT2D eigenvalue weighted by atomic mass is 32.1. The standard InChI is InChI=1S/C11H17NOS/c1-8-6-7-14-11(8)12-9-2-4-10(13)5-3-9/h6-7,9-10,12-13H,2-5H2,1H3. The van der Waals surface area contributed by atoms with Gasteiger partial charge < -0.3 is 10.4 Å². The number of aryl methyl sites for hydroxylation is 1. The zero-order valence-corrected chi connectivity index (χ0v) is 9.31. The summed E-state index contributed by atoms with van der Waals surface area (Å²) in [5, 5.41) is 16.4. The summed E-state index contributed by atoms with van der Waals surface area (Å²) in [6, 6.07) is 2.71. The van der Waals surface area contributed by atoms with Gasteiger partial charge in [0.15, 0.2) is 0 Å². The second-order valence-corrected chi connectivity index (χ2v) is 5.00. The van der Waals surface area contributed by atoms with Crippen LogP contribution in [0.2, 0.25) is 0 Å². The molecule has 1 aromatic heterocycles. The maximum Gasteiger partial charge on any atom is 0.0914 e. The molecule has 1 aliphatic carbocycles. The van der Waals surface area contributed by atoms with Crippen molar-refractivity contribution in [3.05, 3.63) is 17.0 Å². The third-order valence-corrected chi connectivity index (χ3v) is 3.84. The fourth-order valence-corrected chi connectivity index (χ4v) is 2.82. The van der Waals surface area contributed by atoms with Crippen LogP contribution in [0.4, 0.5) is 5.00 Å². The smallest absolute Gasteiger partial charge is 0.0914 e. The van der Waals surface area contributed by atoms with E-state index in [-0.39, 0.29) is 6.10 Å². The summed E-state index contributed by atoms with van der Waals surface area (Å²) in [4.78, 5) is 0. The molecule has 0 saturated heterocycles. The average molecular weight is 211 g/mol. The van der Waals surface area contributed by atoms with E-state index in [1.165, 1.54) is 10.6 Å². The molecule has 3 heteroatoms. The van der Waals surface area contributed by atoms with Crippen molar-refractivity contribution >= 4 is 16.3 Å². The maximum absolute atomic E-state index is 9.38. The molecule has 2 rings (SSSR count). The van der Waals surface area contributed by atoms with Crippen molar-refractivity contribution in [2.75, 3.05) is 5.32 Å². The monoisotopic (exact) mass is 211 g/mol. The number of aliphatic hydroxyl groups excluding tert-OH is 1. The average Bonchev–Trinajstić information content (AvgIpc) is 2.56. The summed E-state index contributed by atoms with van der Waals surface area (Å²) in [6.07, 6.45) is 4.03. The predicted molar refractivity (Wildman–Crippen MR) is 60.9 cm³/mol. The lowest BCUT2D eigenvalue weighted by Crippen LogP contribution is -2.28. The van der Waals surface area contributed by atoms with E-state index in [2.05, 4.69) is 23.7 Å². The van der Waals surface area contributed by atoms with Gasteiger partial charge in [-0.1, -0.05) is 0 Å². The lowest BCUT2D eigenvalue weighted by Gasteiger charge is -2.26. The maximum atomic E-state index is 9.38. The summed E-state index contributed by atoms with van der Waals surface area (Å²) in [5.74, 6) is 0. The van der Waals surface area contributed by atoms with E-state index < -0.39 is 0 Å². The number of hydrogen-bond donors (Lipinski definition) is 2. The lowest BCUT2D eigenvalue weighted by atomic mass is 9.93. The topological polar surface area (TPSA) is 32.3 Å². The molecule has 14 heavy (non-hydrogen) atoms. The molecule has 0 amide bonds. The van der Waals surface area contributed by atoms with Gasteiger partial charge >= 0.3 is 0 Å². The highest BCUT2D eigenvalue weighted by Crippen LogP contribution is 2.27. The Morgan fingerprint density at radius 3 is 2.64 bits per heavy atom. The minimum absolute atomic E-state index is 0.0579. The van der Waals surface area contributed by atoms with Crippen LogP contribution in [0.3, 0.4) is 0 Å². The fraction of sp³-hybridized carbons (Fsp3) is 0.636. The van der Waals surface area contributed by atoms with E-state index >= 15 is 0 Å². The summed E-state index contributed by atoms with van der Waals surface area (Å²) >= 11 is 1.77. The summed E-state index contributed by atoms with van der Waals surface area (Å²) in [7, 11) is 0. The van der Waals surface area contributed by atoms with Crippen molar-refractivity contribution in [1.29, 1.82) is 0 Å². The Hall–Kier alpha value is -0.540. The van der Waals surface area contributed by atoms with Gasteiger partial charge in [0.25, 0.3) is 0 Å². The molecular weight excluding hydrogens is 194 g/mol. The lowest BCUT2D eigenvalue weighted by molar-refractivity contribution is 0.126. The molecular formula is C11H17NOS. The number of hydrogen-bond acceptors (Lipinski definition) is 3. The fourth-order valence-electron chi connectivity index (χ4n) is 1.93. The first-order valence-electron chi connectivity index (χ1n) is 5.24. The molecule has 2 nitrogen and oxygen atoms in total. The second-order valence-electron chi connectivity index (χ2n) is 4.08. The van der Waals surface area contributed by atoms with Crippen molar-refractivity contribution in [2.45, 2.75) is 44.8 Å². The molecule has 1 fully saturated rings. The first-order chi connectivity index (χ1) is 6.75. The van der Waals surface area contributed by atoms with E-state index in [4.69, 9.17) is 0 Å². The minimum atomic E-state index is -0.0579. The van der Waals surface area contributed by atoms with Gasteiger partial charge in [0.05, 0.1) is 11.1 Å². The van der Waals surface area contributed by atoms with Gasteiger partial charge in [0.2, 0.25) is 0 Å². The van der Waals surface area contributed by atoms with Crippen LogP contribution >= 0.6 is 11.3 Å². The Morgan fingerprint density at radius 2 is 2.07 bits per heavy atom. The molecule has 0 aromatic carbocycles. The Labute approximate surface area is 89.0 Å². The van der Waals surface area contributed by atoms with Gasteiger partial charge in [-0.2, -0.15) is 0 Å². The third-order valence-electron chi connectivity index (χ3n) is 2.89. The number of nitrogens with one attached hydrogen (secondary N) is 1. The molecule has 0 aliphatic heterocycles. The van der Waals surface area contributed by atoms with Gasteiger partial charge in [-0.25, -0.2) is 0 Å². The first-order valence-corrected chi connectivity index (χ1v) is 6.12. The zero-order valence-electron chi connectivity index (χ0n) is 8.49. The van der Waals surface area contributed by atoms with Crippen molar-refractivity contribution in [3.8, 4) is 0 Å². The van der Waals surface area contributed by atoms with E-state index in [0.29, 0.717) is 6.04 Å². The van der Waals surface area contributed by atoms with Crippen LogP contribution in [-0.2, 0) is 0 Å². The Morgan fingerprint density at radius 1 is 1.36 bits per heavy atom. The van der Waals surface area contributed by atoms with Crippen LogP contribution in [0, 0.1) is 6.92 Å². The Bertz CT molecular complexity index is 289. The van der Waals surface area contributed by atoms with Gasteiger partial charge in [-0.3, -0.25) is 0 Å². The number of aliphatic hydroxyl groups is 1. The Kier molecular flexibility index (Phi) is 3.08. The minimum Gasteiger partial charge on any atom is -0.393 e. The van der Waals surface area contributed by atoms with E-state index in [1.807, 2.05) is 0 Å². The SMILES string of the molecule is Cc1ccsc1NC1CCC(O)CC1. The zero-order chi connectivity index (χ0) is 9.97. The van der Waals surface area contributed by atoms with E-state index in [9.17, 15) is 5.11 Å². The number of rotatable bonds is 2. The molecule has 1 aromatic rings. The largest absolute Gasteiger partial charge is 0.393 e. The second kappa shape index (κ2) is 4.32. The molecule has 78 valence electrons. The third kappa shape index (κ3) is 2.28. The first kappa shape index (κ1) is 9.99. The van der Waals surface area contributed by atoms with Gasteiger partial charge in [-0.15, -0.1) is 11.3 Å². The molecule has 1 heterocycles. The molecule has 2 N–H and O–H groups in total. The van der Waals surface area contributed by atoms with Crippen LogP contribution in [0.1, 0.15) is 31.2 Å². The number of thiophene rings is 1. The molecule has 1 saturated carbocycles. The quantitative estimate of drug-likeness (QED) is 0.788. The van der Waals surface area contributed by atoms with Gasteiger partial charge in [-0.05, 0) is 49.6 Å². The van der Waals surface area contributed by atoms with Crippen LogP contribution in [0.5, 0.6) is 0 Å². The number of anilines is 1. The molecule has 0 unspecified atom stereocenters. The summed E-state index contributed by atoms with van der Waals surface area (Å²) in [6.45, 7) is 2.14. The van der Waals surface area contributed by atoms with Gasteiger partial charge in [0, 0.05) is 6.04 Å². The highest BCUT2D eigenvalue weighted by molar-refractivity contribution is 7.14. The molecule has 0 radical (unpaired) electrons. The van der Waals surface area contributed by atoms with E-state index in [0.717, 1.165) is 25.7 Å². The molecule has 1 aliphatic rings. The van der Waals surface area contributed by atoms with Crippen molar-refractivity contribution in [3.63, 3.8) is 0 Å².